The van der Waals surface area contributed by atoms with Crippen LogP contribution in [0.5, 0.6) is 11.5 Å². The summed E-state index contributed by atoms with van der Waals surface area (Å²) in [6.45, 7) is -0.152. The molecule has 0 radical (unpaired) electrons. The minimum absolute atomic E-state index is 0.0550. The van der Waals surface area contributed by atoms with Crippen LogP contribution in [0, 0.1) is 6.92 Å². The molecule has 0 bridgehead atoms. The van der Waals surface area contributed by atoms with E-state index in [1.165, 1.54) is 12.1 Å². The molecular weight excluding hydrogens is 474 g/mol. The van der Waals surface area contributed by atoms with E-state index in [9.17, 15) is 18.4 Å². The van der Waals surface area contributed by atoms with Gasteiger partial charge in [0.15, 0.2) is 0 Å². The monoisotopic (exact) mass is 496 g/mol. The van der Waals surface area contributed by atoms with E-state index in [0.717, 1.165) is 23.0 Å². The van der Waals surface area contributed by atoms with Crippen LogP contribution in [0.25, 0.3) is 0 Å². The van der Waals surface area contributed by atoms with Crippen molar-refractivity contribution in [3.05, 3.63) is 56.4 Å². The minimum Gasteiger partial charge on any atom is -0.486 e. The summed E-state index contributed by atoms with van der Waals surface area (Å²) < 4.78 is 38.1. The summed E-state index contributed by atoms with van der Waals surface area (Å²) in [7, 11) is 0. The molecule has 2 aromatic rings. The summed E-state index contributed by atoms with van der Waals surface area (Å²) in [4.78, 5) is 26.4. The van der Waals surface area contributed by atoms with Gasteiger partial charge in [-0.05, 0) is 56.0 Å². The van der Waals surface area contributed by atoms with Crippen LogP contribution in [0.15, 0.2) is 39.6 Å². The molecule has 1 amide bonds. The van der Waals surface area contributed by atoms with Crippen LogP contribution < -0.4 is 15.0 Å². The second kappa shape index (κ2) is 8.98. The smallest absolute Gasteiger partial charge is 0.387 e. The highest BCUT2D eigenvalue weighted by molar-refractivity contribution is 9.10. The lowest BCUT2D eigenvalue weighted by Gasteiger charge is -2.39. The molecule has 1 saturated carbocycles. The van der Waals surface area contributed by atoms with Crippen LogP contribution in [-0.4, -0.2) is 41.2 Å². The minimum atomic E-state index is -2.92. The van der Waals surface area contributed by atoms with E-state index in [1.54, 1.807) is 21.6 Å². The fourth-order valence-electron chi connectivity index (χ4n) is 3.81. The van der Waals surface area contributed by atoms with Gasteiger partial charge in [-0.2, -0.15) is 8.78 Å². The number of amides is 1. The number of hydrogen-bond donors (Lipinski definition) is 0. The standard InChI is InChI=1S/C22H23BrF2N2O4/c1-13-8-17(10-21(29)27(13)16-4-5-16)30-18-11-26(12-18)20(28)7-2-14-9-15(23)3-6-19(14)31-22(24)25/h3,6,8-10,16,18,22H,2,4-5,7,11-12H2,1H3. The van der Waals surface area contributed by atoms with Gasteiger partial charge in [0.1, 0.15) is 17.6 Å². The maximum atomic E-state index is 12.6. The molecule has 0 atom stereocenters. The number of pyridine rings is 1. The molecule has 1 aromatic heterocycles. The Morgan fingerprint density at radius 1 is 1.23 bits per heavy atom. The molecular formula is C22H23BrF2N2O4. The highest BCUT2D eigenvalue weighted by atomic mass is 79.9. The van der Waals surface area contributed by atoms with Crippen molar-refractivity contribution in [1.29, 1.82) is 0 Å². The lowest BCUT2D eigenvalue weighted by molar-refractivity contribution is -0.139. The van der Waals surface area contributed by atoms with E-state index in [2.05, 4.69) is 20.7 Å². The third-order valence-corrected chi connectivity index (χ3v) is 5.99. The second-order valence-corrected chi connectivity index (χ2v) is 8.86. The van der Waals surface area contributed by atoms with E-state index in [-0.39, 0.29) is 29.7 Å². The van der Waals surface area contributed by atoms with Crippen molar-refractivity contribution in [2.75, 3.05) is 13.1 Å². The third kappa shape index (κ3) is 5.26. The van der Waals surface area contributed by atoms with Crippen LogP contribution in [0.3, 0.4) is 0 Å². The molecule has 1 aromatic carbocycles. The van der Waals surface area contributed by atoms with Crippen molar-refractivity contribution in [2.24, 2.45) is 0 Å². The second-order valence-electron chi connectivity index (χ2n) is 7.94. The highest BCUT2D eigenvalue weighted by Crippen LogP contribution is 2.35. The molecule has 9 heteroatoms. The summed E-state index contributed by atoms with van der Waals surface area (Å²) in [6.07, 6.45) is 2.38. The van der Waals surface area contributed by atoms with E-state index >= 15 is 0 Å². The first-order valence-corrected chi connectivity index (χ1v) is 11.0. The predicted octanol–water partition coefficient (Wildman–Crippen LogP) is 4.08. The number of aryl methyl sites for hydroxylation is 2. The Labute approximate surface area is 186 Å². The number of benzene rings is 1. The SMILES string of the molecule is Cc1cc(OC2CN(C(=O)CCc3cc(Br)ccc3OC(F)F)C2)cc(=O)n1C1CC1. The zero-order chi connectivity index (χ0) is 22.1. The van der Waals surface area contributed by atoms with Gasteiger partial charge in [-0.25, -0.2) is 0 Å². The molecule has 0 spiro atoms. The van der Waals surface area contributed by atoms with Gasteiger partial charge < -0.3 is 18.9 Å². The molecule has 166 valence electrons. The Hall–Kier alpha value is -2.42. The lowest BCUT2D eigenvalue weighted by atomic mass is 10.1. The first-order chi connectivity index (χ1) is 14.8. The fraction of sp³-hybridized carbons (Fsp3) is 0.455. The maximum Gasteiger partial charge on any atom is 0.387 e. The average Bonchev–Trinajstić information content (AvgIpc) is 3.48. The van der Waals surface area contributed by atoms with E-state index in [4.69, 9.17) is 4.74 Å². The number of aromatic nitrogens is 1. The zero-order valence-electron chi connectivity index (χ0n) is 17.0. The lowest BCUT2D eigenvalue weighted by Crippen LogP contribution is -2.56. The molecule has 0 N–H and O–H groups in total. The quantitative estimate of drug-likeness (QED) is 0.552. The Morgan fingerprint density at radius 3 is 2.61 bits per heavy atom. The van der Waals surface area contributed by atoms with Gasteiger partial charge in [-0.1, -0.05) is 15.9 Å². The van der Waals surface area contributed by atoms with E-state index in [1.807, 2.05) is 13.0 Å². The van der Waals surface area contributed by atoms with E-state index in [0.29, 0.717) is 36.9 Å². The van der Waals surface area contributed by atoms with Gasteiger partial charge in [-0.15, -0.1) is 0 Å². The fourth-order valence-corrected chi connectivity index (χ4v) is 4.22. The number of alkyl halides is 2. The number of likely N-dealkylation sites (tertiary alicyclic amines) is 1. The number of rotatable bonds is 8. The highest BCUT2D eigenvalue weighted by Gasteiger charge is 2.32. The Morgan fingerprint density at radius 2 is 1.97 bits per heavy atom. The van der Waals surface area contributed by atoms with Gasteiger partial charge in [0, 0.05) is 28.7 Å². The Bertz CT molecular complexity index is 1030. The summed E-state index contributed by atoms with van der Waals surface area (Å²) in [5.74, 6) is 0.523. The molecule has 4 rings (SSSR count). The number of carbonyl (C=O) groups excluding carboxylic acids is 1. The van der Waals surface area contributed by atoms with Crippen molar-refractivity contribution in [1.82, 2.24) is 9.47 Å². The van der Waals surface area contributed by atoms with Crippen molar-refractivity contribution in [3.8, 4) is 11.5 Å². The molecule has 6 nitrogen and oxygen atoms in total. The van der Waals surface area contributed by atoms with Crippen LogP contribution >= 0.6 is 15.9 Å². The molecule has 1 aliphatic carbocycles. The summed E-state index contributed by atoms with van der Waals surface area (Å²) in [5, 5.41) is 0. The number of ether oxygens (including phenoxy) is 2. The average molecular weight is 497 g/mol. The van der Waals surface area contributed by atoms with Crippen LogP contribution in [0.1, 0.15) is 36.6 Å². The molecule has 0 unspecified atom stereocenters. The van der Waals surface area contributed by atoms with Crippen molar-refractivity contribution >= 4 is 21.8 Å². The zero-order valence-corrected chi connectivity index (χ0v) is 18.6. The van der Waals surface area contributed by atoms with Gasteiger partial charge in [-0.3, -0.25) is 9.59 Å². The summed E-state index contributed by atoms with van der Waals surface area (Å²) >= 11 is 3.31. The van der Waals surface area contributed by atoms with Crippen molar-refractivity contribution < 1.29 is 23.0 Å². The van der Waals surface area contributed by atoms with E-state index < -0.39 is 6.61 Å². The van der Waals surface area contributed by atoms with Crippen LogP contribution in [-0.2, 0) is 11.2 Å². The van der Waals surface area contributed by atoms with Crippen molar-refractivity contribution in [2.45, 2.75) is 51.4 Å². The van der Waals surface area contributed by atoms with Gasteiger partial charge in [0.25, 0.3) is 5.56 Å². The number of halogens is 3. The molecule has 2 aliphatic rings. The third-order valence-electron chi connectivity index (χ3n) is 5.50. The summed E-state index contributed by atoms with van der Waals surface area (Å²) in [5.41, 5.74) is 1.37. The predicted molar refractivity (Wildman–Crippen MR) is 114 cm³/mol. The first kappa shape index (κ1) is 21.8. The molecule has 2 fully saturated rings. The van der Waals surface area contributed by atoms with Gasteiger partial charge in [0.2, 0.25) is 5.91 Å². The molecule has 1 aliphatic heterocycles. The Balaban J connectivity index is 1.28. The molecule has 1 saturated heterocycles. The number of hydrogen-bond acceptors (Lipinski definition) is 4. The summed E-state index contributed by atoms with van der Waals surface area (Å²) in [6, 6.07) is 8.44. The van der Waals surface area contributed by atoms with Crippen LogP contribution in [0.2, 0.25) is 0 Å². The number of carbonyl (C=O) groups is 1. The number of nitrogens with zero attached hydrogens (tertiary/aromatic N) is 2. The molecule has 2 heterocycles. The van der Waals surface area contributed by atoms with Gasteiger partial charge in [0.05, 0.1) is 13.1 Å². The first-order valence-electron chi connectivity index (χ1n) is 10.2. The van der Waals surface area contributed by atoms with Crippen LogP contribution in [0.4, 0.5) is 8.78 Å². The topological polar surface area (TPSA) is 60.8 Å². The maximum absolute atomic E-state index is 12.6. The van der Waals surface area contributed by atoms with Crippen molar-refractivity contribution in [3.63, 3.8) is 0 Å². The normalized spacial score (nSPS) is 16.4. The Kier molecular flexibility index (Phi) is 6.31. The van der Waals surface area contributed by atoms with Gasteiger partial charge >= 0.3 is 6.61 Å². The largest absolute Gasteiger partial charge is 0.486 e. The molecule has 31 heavy (non-hydrogen) atoms.